The van der Waals surface area contributed by atoms with Gasteiger partial charge in [-0.1, -0.05) is 0 Å². The van der Waals surface area contributed by atoms with Gasteiger partial charge in [-0.2, -0.15) is 0 Å². The van der Waals surface area contributed by atoms with E-state index in [4.69, 9.17) is 0 Å². The summed E-state index contributed by atoms with van der Waals surface area (Å²) in [7, 11) is 4.08. The first-order chi connectivity index (χ1) is 10.6. The van der Waals surface area contributed by atoms with Gasteiger partial charge in [-0.15, -0.1) is 11.3 Å². The van der Waals surface area contributed by atoms with Crippen LogP contribution in [0.3, 0.4) is 0 Å². The van der Waals surface area contributed by atoms with E-state index in [2.05, 4.69) is 37.3 Å². The van der Waals surface area contributed by atoms with Gasteiger partial charge in [0.05, 0.1) is 30.1 Å². The molecule has 0 spiro atoms. The highest BCUT2D eigenvalue weighted by molar-refractivity contribution is 7.11. The van der Waals surface area contributed by atoms with Crippen LogP contribution in [0.4, 0.5) is 0 Å². The summed E-state index contributed by atoms with van der Waals surface area (Å²) in [5, 5.41) is 2.93. The predicted molar refractivity (Wildman–Crippen MR) is 86.8 cm³/mol. The summed E-state index contributed by atoms with van der Waals surface area (Å²) >= 11 is 1.71. The molecule has 0 fully saturated rings. The van der Waals surface area contributed by atoms with Gasteiger partial charge in [0.2, 0.25) is 0 Å². The van der Waals surface area contributed by atoms with Crippen LogP contribution >= 0.6 is 11.3 Å². The van der Waals surface area contributed by atoms with Crippen LogP contribution in [-0.2, 0) is 13.1 Å². The Morgan fingerprint density at radius 2 is 2.14 bits per heavy atom. The monoisotopic (exact) mass is 315 g/mol. The SMILES string of the molecule is CN(C)Cc1ccc(CNC(=O)c2cncc3[nH]cnc23)s1. The van der Waals surface area contributed by atoms with Gasteiger partial charge in [0.15, 0.2) is 0 Å². The lowest BCUT2D eigenvalue weighted by molar-refractivity contribution is 0.0952. The molecule has 0 aliphatic rings. The number of imidazole rings is 1. The maximum atomic E-state index is 12.3. The molecule has 0 unspecified atom stereocenters. The number of hydrogen-bond donors (Lipinski definition) is 2. The molecule has 0 saturated heterocycles. The first kappa shape index (κ1) is 14.7. The van der Waals surface area contributed by atoms with Crippen molar-refractivity contribution in [2.24, 2.45) is 0 Å². The number of pyridine rings is 1. The molecule has 0 radical (unpaired) electrons. The lowest BCUT2D eigenvalue weighted by Gasteiger charge is -2.06. The fourth-order valence-corrected chi connectivity index (χ4v) is 3.28. The molecule has 2 N–H and O–H groups in total. The van der Waals surface area contributed by atoms with Crippen LogP contribution in [0.2, 0.25) is 0 Å². The molecule has 3 rings (SSSR count). The second-order valence-electron chi connectivity index (χ2n) is 5.27. The molecule has 0 atom stereocenters. The summed E-state index contributed by atoms with van der Waals surface area (Å²) in [5.74, 6) is -0.159. The Balaban J connectivity index is 1.67. The van der Waals surface area contributed by atoms with E-state index >= 15 is 0 Å². The molecule has 6 nitrogen and oxygen atoms in total. The average Bonchev–Trinajstić information content (AvgIpc) is 3.12. The Kier molecular flexibility index (Phi) is 4.17. The number of carbonyl (C=O) groups excluding carboxylic acids is 1. The lowest BCUT2D eigenvalue weighted by atomic mass is 10.2. The van der Waals surface area contributed by atoms with Crippen LogP contribution in [0.5, 0.6) is 0 Å². The third-order valence-corrected chi connectivity index (χ3v) is 4.26. The first-order valence-corrected chi connectivity index (χ1v) is 7.73. The molecule has 0 aliphatic carbocycles. The highest BCUT2D eigenvalue weighted by Crippen LogP contribution is 2.18. The van der Waals surface area contributed by atoms with Crippen molar-refractivity contribution in [1.82, 2.24) is 25.2 Å². The number of rotatable bonds is 5. The molecule has 3 heterocycles. The van der Waals surface area contributed by atoms with E-state index in [9.17, 15) is 4.79 Å². The molecule has 3 aromatic heterocycles. The van der Waals surface area contributed by atoms with Crippen LogP contribution < -0.4 is 5.32 Å². The minimum absolute atomic E-state index is 0.159. The molecule has 0 aliphatic heterocycles. The second kappa shape index (κ2) is 6.25. The minimum Gasteiger partial charge on any atom is -0.347 e. The molecule has 7 heteroatoms. The van der Waals surface area contributed by atoms with Gasteiger partial charge in [-0.25, -0.2) is 4.98 Å². The molecule has 0 saturated carbocycles. The smallest absolute Gasteiger partial charge is 0.255 e. The van der Waals surface area contributed by atoms with Gasteiger partial charge in [0, 0.05) is 22.5 Å². The van der Waals surface area contributed by atoms with E-state index in [1.165, 1.54) is 4.88 Å². The summed E-state index contributed by atoms with van der Waals surface area (Å²) in [4.78, 5) is 28.0. The number of fused-ring (bicyclic) bond motifs is 1. The number of carbonyl (C=O) groups is 1. The molecule has 22 heavy (non-hydrogen) atoms. The van der Waals surface area contributed by atoms with Gasteiger partial charge >= 0.3 is 0 Å². The van der Waals surface area contributed by atoms with Gasteiger partial charge in [-0.05, 0) is 26.2 Å². The van der Waals surface area contributed by atoms with Crippen molar-refractivity contribution in [2.45, 2.75) is 13.1 Å². The number of H-pyrrole nitrogens is 1. The topological polar surface area (TPSA) is 73.9 Å². The van der Waals surface area contributed by atoms with Crippen molar-refractivity contribution >= 4 is 28.3 Å². The van der Waals surface area contributed by atoms with E-state index < -0.39 is 0 Å². The second-order valence-corrected chi connectivity index (χ2v) is 6.53. The van der Waals surface area contributed by atoms with Crippen molar-refractivity contribution in [3.8, 4) is 0 Å². The standard InChI is InChI=1S/C15H17N5OS/c1-20(2)8-11-4-3-10(22-11)5-17-15(21)12-6-16-7-13-14(12)19-9-18-13/h3-4,6-7,9H,5,8H2,1-2H3,(H,17,21)(H,18,19). The third-order valence-electron chi connectivity index (χ3n) is 3.19. The van der Waals surface area contributed by atoms with Gasteiger partial charge in [0.1, 0.15) is 5.52 Å². The van der Waals surface area contributed by atoms with E-state index in [-0.39, 0.29) is 5.91 Å². The normalized spacial score (nSPS) is 11.2. The van der Waals surface area contributed by atoms with E-state index in [0.29, 0.717) is 17.6 Å². The number of aromatic amines is 1. The molecular formula is C15H17N5OS. The Morgan fingerprint density at radius 3 is 2.95 bits per heavy atom. The molecule has 114 valence electrons. The lowest BCUT2D eigenvalue weighted by Crippen LogP contribution is -2.22. The Labute approximate surface area is 132 Å². The number of aromatic nitrogens is 3. The molecule has 1 amide bonds. The predicted octanol–water partition coefficient (Wildman–Crippen LogP) is 2.01. The van der Waals surface area contributed by atoms with Crippen LogP contribution in [0.25, 0.3) is 11.0 Å². The largest absolute Gasteiger partial charge is 0.347 e. The molecule has 0 bridgehead atoms. The van der Waals surface area contributed by atoms with E-state index in [0.717, 1.165) is 16.9 Å². The molecular weight excluding hydrogens is 298 g/mol. The summed E-state index contributed by atoms with van der Waals surface area (Å²) in [5.41, 5.74) is 1.90. The maximum absolute atomic E-state index is 12.3. The van der Waals surface area contributed by atoms with E-state index in [1.54, 1.807) is 30.1 Å². The quantitative estimate of drug-likeness (QED) is 0.755. The Hall–Kier alpha value is -2.25. The first-order valence-electron chi connectivity index (χ1n) is 6.91. The van der Waals surface area contributed by atoms with Crippen molar-refractivity contribution in [1.29, 1.82) is 0 Å². The number of nitrogens with zero attached hydrogens (tertiary/aromatic N) is 3. The van der Waals surface area contributed by atoms with Crippen LogP contribution in [0.15, 0.2) is 30.9 Å². The molecule has 3 aromatic rings. The van der Waals surface area contributed by atoms with Crippen LogP contribution in [0.1, 0.15) is 20.1 Å². The fourth-order valence-electron chi connectivity index (χ4n) is 2.21. The maximum Gasteiger partial charge on any atom is 0.255 e. The van der Waals surface area contributed by atoms with Gasteiger partial charge in [-0.3, -0.25) is 9.78 Å². The van der Waals surface area contributed by atoms with Crippen LogP contribution in [0, 0.1) is 0 Å². The number of amides is 1. The molecule has 0 aromatic carbocycles. The highest BCUT2D eigenvalue weighted by atomic mass is 32.1. The van der Waals surface area contributed by atoms with E-state index in [1.807, 2.05) is 14.1 Å². The highest BCUT2D eigenvalue weighted by Gasteiger charge is 2.12. The Morgan fingerprint density at radius 1 is 1.32 bits per heavy atom. The fraction of sp³-hybridized carbons (Fsp3) is 0.267. The zero-order valence-electron chi connectivity index (χ0n) is 12.5. The van der Waals surface area contributed by atoms with Gasteiger partial charge in [0.25, 0.3) is 5.91 Å². The zero-order valence-corrected chi connectivity index (χ0v) is 13.3. The third kappa shape index (κ3) is 3.15. The summed E-state index contributed by atoms with van der Waals surface area (Å²) < 4.78 is 0. The van der Waals surface area contributed by atoms with Gasteiger partial charge < -0.3 is 15.2 Å². The van der Waals surface area contributed by atoms with Crippen LogP contribution in [-0.4, -0.2) is 39.9 Å². The van der Waals surface area contributed by atoms with Crippen molar-refractivity contribution < 1.29 is 4.79 Å². The average molecular weight is 315 g/mol. The summed E-state index contributed by atoms with van der Waals surface area (Å²) in [6, 6.07) is 4.15. The number of nitrogens with one attached hydrogen (secondary N) is 2. The van der Waals surface area contributed by atoms with Crippen molar-refractivity contribution in [3.63, 3.8) is 0 Å². The number of hydrogen-bond acceptors (Lipinski definition) is 5. The number of thiophene rings is 1. The Bertz CT molecular complexity index is 792. The minimum atomic E-state index is -0.159. The van der Waals surface area contributed by atoms with Crippen molar-refractivity contribution in [3.05, 3.63) is 46.2 Å². The summed E-state index contributed by atoms with van der Waals surface area (Å²) in [6.07, 6.45) is 4.77. The van der Waals surface area contributed by atoms with Crippen molar-refractivity contribution in [2.75, 3.05) is 14.1 Å². The summed E-state index contributed by atoms with van der Waals surface area (Å²) in [6.45, 7) is 1.42. The zero-order chi connectivity index (χ0) is 15.5.